The SMILES string of the molecule is C=CC(=O)N(CC)CC(=O)OCCCC. The molecule has 86 valence electrons. The molecule has 4 heteroatoms. The Hall–Kier alpha value is -1.32. The van der Waals surface area contributed by atoms with Crippen molar-refractivity contribution in [1.29, 1.82) is 0 Å². The van der Waals surface area contributed by atoms with E-state index in [0.29, 0.717) is 13.2 Å². The molecule has 0 N–H and O–H groups in total. The van der Waals surface area contributed by atoms with Crippen LogP contribution in [-0.4, -0.2) is 36.5 Å². The summed E-state index contributed by atoms with van der Waals surface area (Å²) in [7, 11) is 0. The lowest BCUT2D eigenvalue weighted by atomic mass is 10.4. The van der Waals surface area contributed by atoms with E-state index in [0.717, 1.165) is 12.8 Å². The Morgan fingerprint density at radius 1 is 1.40 bits per heavy atom. The average molecular weight is 213 g/mol. The number of ether oxygens (including phenoxy) is 1. The highest BCUT2D eigenvalue weighted by Gasteiger charge is 2.13. The number of amides is 1. The fourth-order valence-electron chi connectivity index (χ4n) is 1.01. The van der Waals surface area contributed by atoms with Crippen molar-refractivity contribution in [1.82, 2.24) is 4.90 Å². The molecule has 0 aromatic heterocycles. The first-order valence-corrected chi connectivity index (χ1v) is 5.22. The smallest absolute Gasteiger partial charge is 0.325 e. The quantitative estimate of drug-likeness (QED) is 0.364. The molecule has 0 heterocycles. The zero-order valence-corrected chi connectivity index (χ0v) is 9.49. The van der Waals surface area contributed by atoms with Gasteiger partial charge >= 0.3 is 5.97 Å². The van der Waals surface area contributed by atoms with Crippen molar-refractivity contribution in [2.45, 2.75) is 26.7 Å². The molecule has 0 spiro atoms. The molecule has 0 aromatic carbocycles. The fraction of sp³-hybridized carbons (Fsp3) is 0.636. The second-order valence-corrected chi connectivity index (χ2v) is 3.13. The third-order valence-corrected chi connectivity index (χ3v) is 1.95. The predicted octanol–water partition coefficient (Wildman–Crippen LogP) is 1.36. The Morgan fingerprint density at radius 2 is 2.07 bits per heavy atom. The van der Waals surface area contributed by atoms with Crippen molar-refractivity contribution in [2.24, 2.45) is 0 Å². The molecule has 0 aliphatic heterocycles. The first kappa shape index (κ1) is 13.7. The maximum atomic E-state index is 11.3. The molecular weight excluding hydrogens is 194 g/mol. The van der Waals surface area contributed by atoms with Crippen LogP contribution in [0.2, 0.25) is 0 Å². The van der Waals surface area contributed by atoms with Crippen molar-refractivity contribution in [3.63, 3.8) is 0 Å². The summed E-state index contributed by atoms with van der Waals surface area (Å²) in [5, 5.41) is 0. The highest BCUT2D eigenvalue weighted by molar-refractivity contribution is 5.89. The van der Waals surface area contributed by atoms with Crippen LogP contribution in [0, 0.1) is 0 Å². The molecule has 0 saturated heterocycles. The van der Waals surface area contributed by atoms with Gasteiger partial charge in [0, 0.05) is 6.54 Å². The van der Waals surface area contributed by atoms with E-state index < -0.39 is 0 Å². The summed E-state index contributed by atoms with van der Waals surface area (Å²) in [4.78, 5) is 23.9. The van der Waals surface area contributed by atoms with E-state index in [2.05, 4.69) is 6.58 Å². The topological polar surface area (TPSA) is 46.6 Å². The molecule has 0 aliphatic rings. The standard InChI is InChI=1S/C11H19NO3/c1-4-7-8-15-11(14)9-12(6-3)10(13)5-2/h5H,2,4,6-9H2,1,3H3. The van der Waals surface area contributed by atoms with Crippen LogP contribution < -0.4 is 0 Å². The zero-order chi connectivity index (χ0) is 11.7. The van der Waals surface area contributed by atoms with Crippen LogP contribution in [0.4, 0.5) is 0 Å². The van der Waals surface area contributed by atoms with Gasteiger partial charge in [-0.25, -0.2) is 0 Å². The van der Waals surface area contributed by atoms with E-state index in [9.17, 15) is 9.59 Å². The van der Waals surface area contributed by atoms with Gasteiger partial charge in [-0.1, -0.05) is 19.9 Å². The van der Waals surface area contributed by atoms with E-state index in [1.807, 2.05) is 6.92 Å². The van der Waals surface area contributed by atoms with Crippen molar-refractivity contribution >= 4 is 11.9 Å². The minimum absolute atomic E-state index is 0.00503. The van der Waals surface area contributed by atoms with Crippen LogP contribution in [0.5, 0.6) is 0 Å². The highest BCUT2D eigenvalue weighted by atomic mass is 16.5. The van der Waals surface area contributed by atoms with Crippen LogP contribution in [0.1, 0.15) is 26.7 Å². The maximum Gasteiger partial charge on any atom is 0.325 e. The molecule has 0 atom stereocenters. The van der Waals surface area contributed by atoms with Gasteiger partial charge in [0.1, 0.15) is 6.54 Å². The number of hydrogen-bond acceptors (Lipinski definition) is 3. The van der Waals surface area contributed by atoms with Gasteiger partial charge in [0.05, 0.1) is 6.61 Å². The summed E-state index contributed by atoms with van der Waals surface area (Å²) < 4.78 is 4.94. The molecule has 0 rings (SSSR count). The normalized spacial score (nSPS) is 9.47. The second-order valence-electron chi connectivity index (χ2n) is 3.13. The number of carbonyl (C=O) groups is 2. The van der Waals surface area contributed by atoms with Gasteiger partial charge in [0.25, 0.3) is 0 Å². The van der Waals surface area contributed by atoms with E-state index in [1.165, 1.54) is 11.0 Å². The van der Waals surface area contributed by atoms with E-state index in [4.69, 9.17) is 4.74 Å². The minimum Gasteiger partial charge on any atom is -0.464 e. The third-order valence-electron chi connectivity index (χ3n) is 1.95. The number of carbonyl (C=O) groups excluding carboxylic acids is 2. The lowest BCUT2D eigenvalue weighted by Gasteiger charge is -2.17. The Kier molecular flexibility index (Phi) is 7.32. The third kappa shape index (κ3) is 5.88. The predicted molar refractivity (Wildman–Crippen MR) is 58.3 cm³/mol. The summed E-state index contributed by atoms with van der Waals surface area (Å²) >= 11 is 0. The van der Waals surface area contributed by atoms with Gasteiger partial charge in [0.2, 0.25) is 5.91 Å². The number of unbranched alkanes of at least 4 members (excludes halogenated alkanes) is 1. The molecule has 0 radical (unpaired) electrons. The molecule has 0 saturated carbocycles. The van der Waals surface area contributed by atoms with Crippen molar-refractivity contribution in [3.8, 4) is 0 Å². The molecular formula is C11H19NO3. The van der Waals surface area contributed by atoms with Gasteiger partial charge in [-0.3, -0.25) is 9.59 Å². The number of rotatable bonds is 7. The van der Waals surface area contributed by atoms with Gasteiger partial charge in [-0.05, 0) is 19.4 Å². The van der Waals surface area contributed by atoms with Crippen molar-refractivity contribution < 1.29 is 14.3 Å². The number of likely N-dealkylation sites (N-methyl/N-ethyl adjacent to an activating group) is 1. The minimum atomic E-state index is -0.361. The van der Waals surface area contributed by atoms with Crippen molar-refractivity contribution in [3.05, 3.63) is 12.7 Å². The second kappa shape index (κ2) is 8.03. The average Bonchev–Trinajstić information content (AvgIpc) is 2.25. The van der Waals surface area contributed by atoms with Gasteiger partial charge in [-0.15, -0.1) is 0 Å². The van der Waals surface area contributed by atoms with Crippen LogP contribution in [-0.2, 0) is 14.3 Å². The molecule has 0 unspecified atom stereocenters. The molecule has 1 amide bonds. The summed E-state index contributed by atoms with van der Waals surface area (Å²) in [5.41, 5.74) is 0. The van der Waals surface area contributed by atoms with E-state index >= 15 is 0 Å². The molecule has 15 heavy (non-hydrogen) atoms. The molecule has 0 bridgehead atoms. The molecule has 4 nitrogen and oxygen atoms in total. The van der Waals surface area contributed by atoms with Crippen LogP contribution in [0.3, 0.4) is 0 Å². The Bertz CT molecular complexity index is 226. The lowest BCUT2D eigenvalue weighted by molar-refractivity contribution is -0.148. The summed E-state index contributed by atoms with van der Waals surface area (Å²) in [6, 6.07) is 0. The first-order valence-electron chi connectivity index (χ1n) is 5.22. The number of hydrogen-bond donors (Lipinski definition) is 0. The Labute approximate surface area is 90.9 Å². The molecule has 0 fully saturated rings. The fourth-order valence-corrected chi connectivity index (χ4v) is 1.01. The van der Waals surface area contributed by atoms with Gasteiger partial charge in [0.15, 0.2) is 0 Å². The lowest BCUT2D eigenvalue weighted by Crippen LogP contribution is -2.35. The number of nitrogens with zero attached hydrogens (tertiary/aromatic N) is 1. The van der Waals surface area contributed by atoms with Crippen molar-refractivity contribution in [2.75, 3.05) is 19.7 Å². The summed E-state index contributed by atoms with van der Waals surface area (Å²) in [5.74, 6) is -0.606. The van der Waals surface area contributed by atoms with E-state index in [1.54, 1.807) is 6.92 Å². The van der Waals surface area contributed by atoms with Gasteiger partial charge < -0.3 is 9.64 Å². The van der Waals surface area contributed by atoms with Gasteiger partial charge in [-0.2, -0.15) is 0 Å². The van der Waals surface area contributed by atoms with Crippen LogP contribution in [0.15, 0.2) is 12.7 Å². The maximum absolute atomic E-state index is 11.3. The highest BCUT2D eigenvalue weighted by Crippen LogP contribution is 1.94. The largest absolute Gasteiger partial charge is 0.464 e. The Morgan fingerprint density at radius 3 is 2.53 bits per heavy atom. The molecule has 0 aromatic rings. The van der Waals surface area contributed by atoms with Crippen LogP contribution in [0.25, 0.3) is 0 Å². The molecule has 0 aliphatic carbocycles. The summed E-state index contributed by atoms with van der Waals surface area (Å²) in [6.07, 6.45) is 3.03. The summed E-state index contributed by atoms with van der Waals surface area (Å²) in [6.45, 7) is 8.11. The monoisotopic (exact) mass is 213 g/mol. The van der Waals surface area contributed by atoms with E-state index in [-0.39, 0.29) is 18.4 Å². The zero-order valence-electron chi connectivity index (χ0n) is 9.49. The number of esters is 1. The first-order chi connectivity index (χ1) is 7.15. The Balaban J connectivity index is 3.91. The van der Waals surface area contributed by atoms with Crippen LogP contribution >= 0.6 is 0 Å².